The van der Waals surface area contributed by atoms with Gasteiger partial charge in [0, 0.05) is 0 Å². The van der Waals surface area contributed by atoms with Crippen molar-refractivity contribution in [3.63, 3.8) is 0 Å². The Bertz CT molecular complexity index is 550. The summed E-state index contributed by atoms with van der Waals surface area (Å²) in [5.74, 6) is 0. The molecular formula is C10H10N4S2. The van der Waals surface area contributed by atoms with Crippen LogP contribution in [-0.2, 0) is 12.8 Å². The average Bonchev–Trinajstić information content (AvgIpc) is 2.86. The second-order valence-corrected chi connectivity index (χ2v) is 5.53. The number of nitrogens with zero attached hydrogens (tertiary/aromatic N) is 4. The molecule has 0 bridgehead atoms. The second kappa shape index (κ2) is 3.71. The SMILES string of the molecule is CCc1nc2nc3sc(CC)nc3nc2s1. The van der Waals surface area contributed by atoms with Gasteiger partial charge in [-0.1, -0.05) is 36.5 Å². The van der Waals surface area contributed by atoms with E-state index in [2.05, 4.69) is 33.8 Å². The molecule has 3 heterocycles. The Morgan fingerprint density at radius 2 is 1.19 bits per heavy atom. The lowest BCUT2D eigenvalue weighted by molar-refractivity contribution is 1.09. The summed E-state index contributed by atoms with van der Waals surface area (Å²) in [5, 5.41) is 2.17. The number of fused-ring (bicyclic) bond motifs is 2. The molecule has 0 spiro atoms. The molecule has 0 aliphatic heterocycles. The van der Waals surface area contributed by atoms with Crippen LogP contribution in [0.5, 0.6) is 0 Å². The zero-order valence-corrected chi connectivity index (χ0v) is 10.7. The van der Waals surface area contributed by atoms with E-state index in [1.54, 1.807) is 22.7 Å². The van der Waals surface area contributed by atoms with E-state index in [-0.39, 0.29) is 0 Å². The smallest absolute Gasteiger partial charge is 0.191 e. The molecular weight excluding hydrogens is 240 g/mol. The molecule has 0 radical (unpaired) electrons. The number of thiazole rings is 2. The van der Waals surface area contributed by atoms with Gasteiger partial charge in [0.2, 0.25) is 0 Å². The van der Waals surface area contributed by atoms with Gasteiger partial charge in [-0.2, -0.15) is 0 Å². The molecule has 0 saturated carbocycles. The molecule has 0 unspecified atom stereocenters. The van der Waals surface area contributed by atoms with Gasteiger partial charge in [0.05, 0.1) is 10.0 Å². The third-order valence-corrected chi connectivity index (χ3v) is 4.46. The molecule has 0 saturated heterocycles. The summed E-state index contributed by atoms with van der Waals surface area (Å²) in [5.41, 5.74) is 1.53. The molecule has 3 rings (SSSR count). The lowest BCUT2D eigenvalue weighted by Gasteiger charge is -1.85. The number of hydrogen-bond donors (Lipinski definition) is 0. The van der Waals surface area contributed by atoms with Crippen LogP contribution in [0.3, 0.4) is 0 Å². The lowest BCUT2D eigenvalue weighted by Crippen LogP contribution is -1.82. The van der Waals surface area contributed by atoms with E-state index < -0.39 is 0 Å². The van der Waals surface area contributed by atoms with Crippen LogP contribution in [0.15, 0.2) is 0 Å². The van der Waals surface area contributed by atoms with Gasteiger partial charge in [-0.25, -0.2) is 19.9 Å². The van der Waals surface area contributed by atoms with Crippen LogP contribution < -0.4 is 0 Å². The Balaban J connectivity index is 2.28. The summed E-state index contributed by atoms with van der Waals surface area (Å²) in [6.45, 7) is 4.18. The first-order valence-corrected chi connectivity index (χ1v) is 6.86. The summed E-state index contributed by atoms with van der Waals surface area (Å²) in [6.07, 6.45) is 1.87. The maximum Gasteiger partial charge on any atom is 0.191 e. The normalized spacial score (nSPS) is 11.6. The largest absolute Gasteiger partial charge is 0.220 e. The van der Waals surface area contributed by atoms with Crippen molar-refractivity contribution < 1.29 is 0 Å². The van der Waals surface area contributed by atoms with Gasteiger partial charge in [-0.15, -0.1) is 0 Å². The Labute approximate surface area is 100 Å². The zero-order chi connectivity index (χ0) is 11.1. The molecule has 4 nitrogen and oxygen atoms in total. The first-order chi connectivity index (χ1) is 7.80. The second-order valence-electron chi connectivity index (χ2n) is 3.40. The Kier molecular flexibility index (Phi) is 2.33. The minimum Gasteiger partial charge on any atom is -0.220 e. The van der Waals surface area contributed by atoms with Crippen LogP contribution in [-0.4, -0.2) is 19.9 Å². The van der Waals surface area contributed by atoms with Crippen LogP contribution in [0.2, 0.25) is 0 Å². The molecule has 0 aromatic carbocycles. The van der Waals surface area contributed by atoms with Crippen LogP contribution in [0.1, 0.15) is 23.9 Å². The summed E-state index contributed by atoms with van der Waals surface area (Å²) in [7, 11) is 0. The molecule has 6 heteroatoms. The first-order valence-electron chi connectivity index (χ1n) is 5.23. The van der Waals surface area contributed by atoms with Crippen molar-refractivity contribution in [3.05, 3.63) is 10.0 Å². The van der Waals surface area contributed by atoms with E-state index in [0.29, 0.717) is 0 Å². The highest BCUT2D eigenvalue weighted by atomic mass is 32.1. The minimum absolute atomic E-state index is 0.764. The van der Waals surface area contributed by atoms with E-state index >= 15 is 0 Å². The van der Waals surface area contributed by atoms with Crippen molar-refractivity contribution in [1.29, 1.82) is 0 Å². The van der Waals surface area contributed by atoms with Crippen molar-refractivity contribution in [2.45, 2.75) is 26.7 Å². The Morgan fingerprint density at radius 1 is 0.750 bits per heavy atom. The first kappa shape index (κ1) is 10.0. The molecule has 16 heavy (non-hydrogen) atoms. The summed E-state index contributed by atoms with van der Waals surface area (Å²) < 4.78 is 0. The minimum atomic E-state index is 0.764. The maximum absolute atomic E-state index is 4.51. The van der Waals surface area contributed by atoms with E-state index in [9.17, 15) is 0 Å². The zero-order valence-electron chi connectivity index (χ0n) is 9.02. The van der Waals surface area contributed by atoms with Gasteiger partial charge >= 0.3 is 0 Å². The van der Waals surface area contributed by atoms with E-state index in [4.69, 9.17) is 0 Å². The number of aryl methyl sites for hydroxylation is 2. The predicted molar refractivity (Wildman–Crippen MR) is 67.1 cm³/mol. The number of aromatic nitrogens is 4. The van der Waals surface area contributed by atoms with Gasteiger partial charge < -0.3 is 0 Å². The molecule has 0 amide bonds. The van der Waals surface area contributed by atoms with Gasteiger partial charge in [-0.05, 0) is 12.8 Å². The van der Waals surface area contributed by atoms with Crippen LogP contribution in [0.25, 0.3) is 21.0 Å². The standard InChI is InChI=1S/C10H10N4S2/c1-3-5-11-7-9(15-5)14-8-10(13-7)16-6(4-2)12-8/h3-4H2,1-2H3. The van der Waals surface area contributed by atoms with E-state index in [0.717, 1.165) is 43.8 Å². The van der Waals surface area contributed by atoms with E-state index in [1.807, 2.05) is 0 Å². The highest BCUT2D eigenvalue weighted by Gasteiger charge is 2.10. The molecule has 0 N–H and O–H groups in total. The Hall–Kier alpha value is -1.14. The molecule has 0 atom stereocenters. The number of rotatable bonds is 2. The predicted octanol–water partition coefficient (Wildman–Crippen LogP) is 2.82. The topological polar surface area (TPSA) is 51.6 Å². The monoisotopic (exact) mass is 250 g/mol. The summed E-state index contributed by atoms with van der Waals surface area (Å²) >= 11 is 3.22. The molecule has 0 fully saturated rings. The van der Waals surface area contributed by atoms with Gasteiger partial charge in [0.1, 0.15) is 0 Å². The van der Waals surface area contributed by atoms with Gasteiger partial charge in [0.15, 0.2) is 21.0 Å². The van der Waals surface area contributed by atoms with Crippen molar-refractivity contribution in [2.75, 3.05) is 0 Å². The molecule has 0 aliphatic rings. The van der Waals surface area contributed by atoms with Gasteiger partial charge in [0.25, 0.3) is 0 Å². The third-order valence-electron chi connectivity index (χ3n) is 2.29. The fraction of sp³-hybridized carbons (Fsp3) is 0.400. The highest BCUT2D eigenvalue weighted by molar-refractivity contribution is 7.19. The molecule has 3 aromatic rings. The lowest BCUT2D eigenvalue weighted by atomic mass is 10.5. The molecule has 0 aliphatic carbocycles. The van der Waals surface area contributed by atoms with Gasteiger partial charge in [-0.3, -0.25) is 0 Å². The number of hydrogen-bond acceptors (Lipinski definition) is 6. The molecule has 82 valence electrons. The summed E-state index contributed by atoms with van der Waals surface area (Å²) in [4.78, 5) is 19.7. The highest BCUT2D eigenvalue weighted by Crippen LogP contribution is 2.25. The Morgan fingerprint density at radius 3 is 1.56 bits per heavy atom. The van der Waals surface area contributed by atoms with Crippen molar-refractivity contribution in [1.82, 2.24) is 19.9 Å². The fourth-order valence-corrected chi connectivity index (χ4v) is 3.11. The van der Waals surface area contributed by atoms with Crippen LogP contribution in [0, 0.1) is 0 Å². The maximum atomic E-state index is 4.51. The van der Waals surface area contributed by atoms with Crippen molar-refractivity contribution in [2.24, 2.45) is 0 Å². The fourth-order valence-electron chi connectivity index (χ4n) is 1.48. The molecule has 3 aromatic heterocycles. The summed E-state index contributed by atoms with van der Waals surface area (Å²) in [6, 6.07) is 0. The third kappa shape index (κ3) is 1.49. The van der Waals surface area contributed by atoms with E-state index in [1.165, 1.54) is 0 Å². The van der Waals surface area contributed by atoms with Crippen molar-refractivity contribution >= 4 is 43.6 Å². The van der Waals surface area contributed by atoms with Crippen LogP contribution >= 0.6 is 22.7 Å². The van der Waals surface area contributed by atoms with Crippen molar-refractivity contribution in [3.8, 4) is 0 Å². The van der Waals surface area contributed by atoms with Crippen LogP contribution in [0.4, 0.5) is 0 Å². The quantitative estimate of drug-likeness (QED) is 0.701. The average molecular weight is 250 g/mol.